The molecule has 1 aromatic carbocycles. The first-order valence-corrected chi connectivity index (χ1v) is 7.28. The van der Waals surface area contributed by atoms with Crippen LogP contribution in [0.3, 0.4) is 0 Å². The highest BCUT2D eigenvalue weighted by atomic mass is 35.5. The quantitative estimate of drug-likeness (QED) is 0.798. The van der Waals surface area contributed by atoms with Gasteiger partial charge >= 0.3 is 0 Å². The second kappa shape index (κ2) is 5.80. The summed E-state index contributed by atoms with van der Waals surface area (Å²) < 4.78 is 0. The van der Waals surface area contributed by atoms with E-state index in [9.17, 15) is 9.90 Å². The van der Waals surface area contributed by atoms with E-state index in [4.69, 9.17) is 28.9 Å². The standard InChI is InChI=1S/C14H18Cl2N2O2/c1-14(13(17)20,8-4-5-18-7-8)6-9-11(19)3-2-10(15)12(9)16/h2-3,8,18-19H,4-7H2,1H3,(H2,17,20). The number of amides is 1. The lowest BCUT2D eigenvalue weighted by Gasteiger charge is -2.32. The molecule has 1 heterocycles. The number of nitrogens with two attached hydrogens (primary N) is 1. The number of aromatic hydroxyl groups is 1. The van der Waals surface area contributed by atoms with Crippen LogP contribution in [0.1, 0.15) is 18.9 Å². The third kappa shape index (κ3) is 2.73. The van der Waals surface area contributed by atoms with Gasteiger partial charge in [-0.05, 0) is 44.0 Å². The Morgan fingerprint density at radius 2 is 2.25 bits per heavy atom. The van der Waals surface area contributed by atoms with Gasteiger partial charge in [-0.15, -0.1) is 0 Å². The van der Waals surface area contributed by atoms with Crippen molar-refractivity contribution >= 4 is 29.1 Å². The first-order valence-electron chi connectivity index (χ1n) is 6.52. The third-order valence-electron chi connectivity index (χ3n) is 4.24. The Kier molecular flexibility index (Phi) is 4.47. The van der Waals surface area contributed by atoms with Crippen LogP contribution in [0.5, 0.6) is 5.75 Å². The number of halogens is 2. The summed E-state index contributed by atoms with van der Waals surface area (Å²) >= 11 is 12.1. The number of carbonyl (C=O) groups is 1. The Bertz CT molecular complexity index is 530. The molecule has 0 bridgehead atoms. The summed E-state index contributed by atoms with van der Waals surface area (Å²) in [6, 6.07) is 3.01. The Morgan fingerprint density at radius 1 is 1.55 bits per heavy atom. The topological polar surface area (TPSA) is 75.3 Å². The van der Waals surface area contributed by atoms with E-state index in [1.54, 1.807) is 0 Å². The lowest BCUT2D eigenvalue weighted by Crippen LogP contribution is -2.43. The molecule has 1 aliphatic rings. The van der Waals surface area contributed by atoms with E-state index in [0.29, 0.717) is 10.6 Å². The molecule has 0 radical (unpaired) electrons. The van der Waals surface area contributed by atoms with E-state index in [0.717, 1.165) is 19.5 Å². The first kappa shape index (κ1) is 15.4. The Labute approximate surface area is 128 Å². The molecule has 0 aliphatic carbocycles. The Hall–Kier alpha value is -0.970. The predicted molar refractivity (Wildman–Crippen MR) is 80.1 cm³/mol. The van der Waals surface area contributed by atoms with Crippen LogP contribution in [-0.4, -0.2) is 24.1 Å². The van der Waals surface area contributed by atoms with Crippen molar-refractivity contribution in [2.24, 2.45) is 17.1 Å². The third-order valence-corrected chi connectivity index (χ3v) is 5.08. The molecule has 1 saturated heterocycles. The average Bonchev–Trinajstić information content (AvgIpc) is 2.93. The highest BCUT2D eigenvalue weighted by Crippen LogP contribution is 2.41. The Morgan fingerprint density at radius 3 is 2.80 bits per heavy atom. The molecule has 110 valence electrons. The fraction of sp³-hybridized carbons (Fsp3) is 0.500. The number of nitrogens with one attached hydrogen (secondary N) is 1. The molecule has 1 aromatic rings. The molecular weight excluding hydrogens is 299 g/mol. The number of benzene rings is 1. The van der Waals surface area contributed by atoms with Gasteiger partial charge in [-0.3, -0.25) is 4.79 Å². The lowest BCUT2D eigenvalue weighted by molar-refractivity contribution is -0.129. The van der Waals surface area contributed by atoms with Crippen molar-refractivity contribution in [1.29, 1.82) is 0 Å². The number of phenolic OH excluding ortho intramolecular Hbond substituents is 1. The zero-order valence-corrected chi connectivity index (χ0v) is 12.8. The van der Waals surface area contributed by atoms with Gasteiger partial charge in [-0.25, -0.2) is 0 Å². The van der Waals surface area contributed by atoms with E-state index in [1.165, 1.54) is 12.1 Å². The summed E-state index contributed by atoms with van der Waals surface area (Å²) in [5.41, 5.74) is 5.32. The van der Waals surface area contributed by atoms with Gasteiger partial charge in [0.2, 0.25) is 5.91 Å². The van der Waals surface area contributed by atoms with Gasteiger partial charge in [0.1, 0.15) is 5.75 Å². The van der Waals surface area contributed by atoms with Crippen LogP contribution in [0.4, 0.5) is 0 Å². The van der Waals surface area contributed by atoms with Crippen LogP contribution in [0.15, 0.2) is 12.1 Å². The molecule has 4 N–H and O–H groups in total. The minimum Gasteiger partial charge on any atom is -0.508 e. The van der Waals surface area contributed by atoms with Gasteiger partial charge in [-0.2, -0.15) is 0 Å². The SMILES string of the molecule is CC(Cc1c(O)ccc(Cl)c1Cl)(C(N)=O)C1CCNC1. The number of hydrogen-bond donors (Lipinski definition) is 3. The van der Waals surface area contributed by atoms with Crippen LogP contribution in [0, 0.1) is 11.3 Å². The van der Waals surface area contributed by atoms with Gasteiger partial charge in [0, 0.05) is 5.56 Å². The fourth-order valence-corrected chi connectivity index (χ4v) is 3.15. The van der Waals surface area contributed by atoms with Crippen molar-refractivity contribution in [3.8, 4) is 5.75 Å². The second-order valence-electron chi connectivity index (χ2n) is 5.51. The molecule has 6 heteroatoms. The summed E-state index contributed by atoms with van der Waals surface area (Å²) in [4.78, 5) is 12.0. The zero-order chi connectivity index (χ0) is 14.9. The van der Waals surface area contributed by atoms with E-state index in [-0.39, 0.29) is 29.0 Å². The summed E-state index contributed by atoms with van der Waals surface area (Å²) in [5.74, 6) is -0.228. The summed E-state index contributed by atoms with van der Waals surface area (Å²) in [6.07, 6.45) is 1.15. The van der Waals surface area contributed by atoms with E-state index >= 15 is 0 Å². The molecule has 1 aliphatic heterocycles. The average molecular weight is 317 g/mol. The van der Waals surface area contributed by atoms with Gasteiger partial charge in [0.05, 0.1) is 15.5 Å². The molecule has 0 spiro atoms. The Balaban J connectivity index is 2.38. The summed E-state index contributed by atoms with van der Waals surface area (Å²) in [6.45, 7) is 3.42. The van der Waals surface area contributed by atoms with Crippen LogP contribution in [-0.2, 0) is 11.2 Å². The van der Waals surface area contributed by atoms with Crippen molar-refractivity contribution in [3.05, 3.63) is 27.7 Å². The fourth-order valence-electron chi connectivity index (χ4n) is 2.75. The van der Waals surface area contributed by atoms with Crippen LogP contribution in [0.25, 0.3) is 0 Å². The molecule has 0 saturated carbocycles. The minimum atomic E-state index is -0.769. The highest BCUT2D eigenvalue weighted by molar-refractivity contribution is 6.42. The smallest absolute Gasteiger partial charge is 0.224 e. The molecule has 2 unspecified atom stereocenters. The first-order chi connectivity index (χ1) is 9.36. The van der Waals surface area contributed by atoms with Crippen LogP contribution in [0.2, 0.25) is 10.0 Å². The maximum absolute atomic E-state index is 12.0. The molecule has 4 nitrogen and oxygen atoms in total. The predicted octanol–water partition coefficient (Wildman–Crippen LogP) is 2.34. The van der Waals surface area contributed by atoms with Gasteiger partial charge in [-0.1, -0.05) is 30.1 Å². The normalized spacial score (nSPS) is 21.6. The number of primary amides is 1. The highest BCUT2D eigenvalue weighted by Gasteiger charge is 2.42. The molecule has 1 amide bonds. The maximum Gasteiger partial charge on any atom is 0.224 e. The molecular formula is C14H18Cl2N2O2. The van der Waals surface area contributed by atoms with Gasteiger partial charge < -0.3 is 16.2 Å². The second-order valence-corrected chi connectivity index (χ2v) is 6.29. The summed E-state index contributed by atoms with van der Waals surface area (Å²) in [5, 5.41) is 13.9. The largest absolute Gasteiger partial charge is 0.508 e. The zero-order valence-electron chi connectivity index (χ0n) is 11.2. The number of rotatable bonds is 4. The number of phenols is 1. The van der Waals surface area contributed by atoms with Crippen molar-refractivity contribution in [3.63, 3.8) is 0 Å². The van der Waals surface area contributed by atoms with Crippen molar-refractivity contribution in [2.75, 3.05) is 13.1 Å². The van der Waals surface area contributed by atoms with Gasteiger partial charge in [0.15, 0.2) is 0 Å². The van der Waals surface area contributed by atoms with Crippen molar-refractivity contribution < 1.29 is 9.90 Å². The van der Waals surface area contributed by atoms with E-state index in [2.05, 4.69) is 5.32 Å². The molecule has 20 heavy (non-hydrogen) atoms. The van der Waals surface area contributed by atoms with Crippen LogP contribution < -0.4 is 11.1 Å². The summed E-state index contributed by atoms with van der Waals surface area (Å²) in [7, 11) is 0. The lowest BCUT2D eigenvalue weighted by atomic mass is 9.71. The number of carbonyl (C=O) groups excluding carboxylic acids is 1. The molecule has 2 atom stereocenters. The molecule has 2 rings (SSSR count). The van der Waals surface area contributed by atoms with Gasteiger partial charge in [0.25, 0.3) is 0 Å². The van der Waals surface area contributed by atoms with Crippen molar-refractivity contribution in [2.45, 2.75) is 19.8 Å². The van der Waals surface area contributed by atoms with E-state index < -0.39 is 5.41 Å². The van der Waals surface area contributed by atoms with Crippen LogP contribution >= 0.6 is 23.2 Å². The maximum atomic E-state index is 12.0. The van der Waals surface area contributed by atoms with Crippen molar-refractivity contribution in [1.82, 2.24) is 5.32 Å². The van der Waals surface area contributed by atoms with E-state index in [1.807, 2.05) is 6.92 Å². The monoisotopic (exact) mass is 316 g/mol. The molecule has 0 aromatic heterocycles. The minimum absolute atomic E-state index is 0.0397. The number of hydrogen-bond acceptors (Lipinski definition) is 3. The molecule has 1 fully saturated rings.